The third kappa shape index (κ3) is 3.83. The van der Waals surface area contributed by atoms with Crippen molar-refractivity contribution in [2.75, 3.05) is 5.32 Å². The van der Waals surface area contributed by atoms with Gasteiger partial charge >= 0.3 is 0 Å². The van der Waals surface area contributed by atoms with Crippen LogP contribution >= 0.6 is 23.2 Å². The van der Waals surface area contributed by atoms with Gasteiger partial charge in [0.1, 0.15) is 5.82 Å². The van der Waals surface area contributed by atoms with Crippen molar-refractivity contribution in [2.24, 2.45) is 0 Å². The molecule has 2 nitrogen and oxygen atoms in total. The van der Waals surface area contributed by atoms with Gasteiger partial charge in [-0.15, -0.1) is 0 Å². The van der Waals surface area contributed by atoms with Crippen molar-refractivity contribution in [3.8, 4) is 0 Å². The zero-order chi connectivity index (χ0) is 14.5. The molecule has 5 heteroatoms. The fourth-order valence-corrected chi connectivity index (χ4v) is 1.87. The Morgan fingerprint density at radius 3 is 2.50 bits per heavy atom. The summed E-state index contributed by atoms with van der Waals surface area (Å²) < 4.78 is 12.7. The first-order valence-electron chi connectivity index (χ1n) is 5.75. The van der Waals surface area contributed by atoms with Gasteiger partial charge in [0, 0.05) is 6.08 Å². The average Bonchev–Trinajstić information content (AvgIpc) is 2.43. The zero-order valence-electron chi connectivity index (χ0n) is 10.2. The number of halogens is 3. The highest BCUT2D eigenvalue weighted by atomic mass is 35.5. The number of benzene rings is 2. The molecule has 0 aliphatic heterocycles. The van der Waals surface area contributed by atoms with Crippen molar-refractivity contribution >= 4 is 40.9 Å². The standard InChI is InChI=1S/C15H10Cl2FNO/c16-12-2-1-3-13(15(12)17)19-14(20)9-6-10-4-7-11(18)8-5-10/h1-9H,(H,19,20)/b9-6+. The van der Waals surface area contributed by atoms with E-state index in [1.807, 2.05) is 0 Å². The molecule has 1 amide bonds. The van der Waals surface area contributed by atoms with Crippen LogP contribution in [0.2, 0.25) is 10.0 Å². The highest BCUT2D eigenvalue weighted by Crippen LogP contribution is 2.29. The third-order valence-corrected chi connectivity index (χ3v) is 3.33. The maximum absolute atomic E-state index is 12.7. The molecule has 0 saturated heterocycles. The highest BCUT2D eigenvalue weighted by Gasteiger charge is 2.05. The van der Waals surface area contributed by atoms with Crippen LogP contribution in [-0.4, -0.2) is 5.91 Å². The molecular weight excluding hydrogens is 300 g/mol. The summed E-state index contributed by atoms with van der Waals surface area (Å²) in [6.07, 6.45) is 2.91. The van der Waals surface area contributed by atoms with E-state index in [1.165, 1.54) is 18.2 Å². The lowest BCUT2D eigenvalue weighted by Gasteiger charge is -2.05. The fourth-order valence-electron chi connectivity index (χ4n) is 1.52. The number of carbonyl (C=O) groups excluding carboxylic acids is 1. The monoisotopic (exact) mass is 309 g/mol. The first-order valence-corrected chi connectivity index (χ1v) is 6.50. The van der Waals surface area contributed by atoms with Gasteiger partial charge in [0.25, 0.3) is 0 Å². The molecule has 0 heterocycles. The second-order valence-corrected chi connectivity index (χ2v) is 4.76. The maximum atomic E-state index is 12.7. The number of amides is 1. The van der Waals surface area contributed by atoms with E-state index < -0.39 is 0 Å². The molecule has 0 atom stereocenters. The Labute approximate surface area is 125 Å². The lowest BCUT2D eigenvalue weighted by Crippen LogP contribution is -2.08. The van der Waals surface area contributed by atoms with Crippen molar-refractivity contribution in [1.29, 1.82) is 0 Å². The van der Waals surface area contributed by atoms with E-state index >= 15 is 0 Å². The quantitative estimate of drug-likeness (QED) is 0.812. The van der Waals surface area contributed by atoms with Crippen molar-refractivity contribution in [2.45, 2.75) is 0 Å². The van der Waals surface area contributed by atoms with E-state index in [0.717, 1.165) is 5.56 Å². The number of nitrogens with one attached hydrogen (secondary N) is 1. The second-order valence-electron chi connectivity index (χ2n) is 3.98. The minimum Gasteiger partial charge on any atom is -0.321 e. The van der Waals surface area contributed by atoms with Gasteiger partial charge in [-0.1, -0.05) is 41.4 Å². The smallest absolute Gasteiger partial charge is 0.248 e. The van der Waals surface area contributed by atoms with Crippen LogP contribution in [0.1, 0.15) is 5.56 Å². The highest BCUT2D eigenvalue weighted by molar-refractivity contribution is 6.44. The lowest BCUT2D eigenvalue weighted by molar-refractivity contribution is -0.111. The summed E-state index contributed by atoms with van der Waals surface area (Å²) in [7, 11) is 0. The molecule has 0 radical (unpaired) electrons. The Balaban J connectivity index is 2.05. The SMILES string of the molecule is O=C(/C=C/c1ccc(F)cc1)Nc1cccc(Cl)c1Cl. The summed E-state index contributed by atoms with van der Waals surface area (Å²) in [5, 5.41) is 3.27. The third-order valence-electron chi connectivity index (χ3n) is 2.51. The van der Waals surface area contributed by atoms with Crippen LogP contribution in [0.5, 0.6) is 0 Å². The van der Waals surface area contributed by atoms with Crippen LogP contribution in [0.15, 0.2) is 48.5 Å². The minimum absolute atomic E-state index is 0.290. The minimum atomic E-state index is -0.349. The molecular formula is C15H10Cl2FNO. The Hall–Kier alpha value is -1.84. The van der Waals surface area contributed by atoms with Crippen LogP contribution in [0.4, 0.5) is 10.1 Å². The van der Waals surface area contributed by atoms with Gasteiger partial charge in [-0.05, 0) is 35.9 Å². The van der Waals surface area contributed by atoms with Crippen LogP contribution in [0.25, 0.3) is 6.08 Å². The molecule has 0 saturated carbocycles. The summed E-state index contributed by atoms with van der Waals surface area (Å²) >= 11 is 11.8. The molecule has 1 N–H and O–H groups in total. The largest absolute Gasteiger partial charge is 0.321 e. The number of hydrogen-bond acceptors (Lipinski definition) is 1. The predicted molar refractivity (Wildman–Crippen MR) is 80.5 cm³/mol. The molecule has 2 aromatic rings. The zero-order valence-corrected chi connectivity index (χ0v) is 11.8. The van der Waals surface area contributed by atoms with Crippen LogP contribution < -0.4 is 5.32 Å². The van der Waals surface area contributed by atoms with Gasteiger partial charge in [-0.3, -0.25) is 4.79 Å². The summed E-state index contributed by atoms with van der Waals surface area (Å²) in [6, 6.07) is 10.8. The Bertz CT molecular complexity index is 653. The summed E-state index contributed by atoms with van der Waals surface area (Å²) in [4.78, 5) is 11.7. The van der Waals surface area contributed by atoms with Crippen LogP contribution in [-0.2, 0) is 4.79 Å². The number of rotatable bonds is 3. The predicted octanol–water partition coefficient (Wildman–Crippen LogP) is 4.78. The molecule has 0 aliphatic rings. The van der Waals surface area contributed by atoms with Crippen molar-refractivity contribution in [3.63, 3.8) is 0 Å². The van der Waals surface area contributed by atoms with Gasteiger partial charge in [-0.25, -0.2) is 4.39 Å². The van der Waals surface area contributed by atoms with E-state index in [1.54, 1.807) is 36.4 Å². The number of anilines is 1. The van der Waals surface area contributed by atoms with E-state index in [2.05, 4.69) is 5.32 Å². The number of carbonyl (C=O) groups is 1. The molecule has 0 unspecified atom stereocenters. The van der Waals surface area contributed by atoms with Crippen molar-refractivity contribution in [3.05, 3.63) is 70.0 Å². The van der Waals surface area contributed by atoms with E-state index in [9.17, 15) is 9.18 Å². The lowest BCUT2D eigenvalue weighted by atomic mass is 10.2. The topological polar surface area (TPSA) is 29.1 Å². The van der Waals surface area contributed by atoms with Gasteiger partial charge in [-0.2, -0.15) is 0 Å². The van der Waals surface area contributed by atoms with E-state index in [0.29, 0.717) is 10.7 Å². The van der Waals surface area contributed by atoms with E-state index in [4.69, 9.17) is 23.2 Å². The molecule has 0 aliphatic carbocycles. The van der Waals surface area contributed by atoms with Gasteiger partial charge in [0.15, 0.2) is 0 Å². The molecule has 0 spiro atoms. The van der Waals surface area contributed by atoms with Gasteiger partial charge in [0.05, 0.1) is 15.7 Å². The molecule has 0 aromatic heterocycles. The van der Waals surface area contributed by atoms with Crippen LogP contribution in [0.3, 0.4) is 0 Å². The first-order chi connectivity index (χ1) is 9.56. The molecule has 2 rings (SSSR count). The second kappa shape index (κ2) is 6.55. The summed E-state index contributed by atoms with van der Waals surface area (Å²) in [5.74, 6) is -0.671. The average molecular weight is 310 g/mol. The first kappa shape index (κ1) is 14.6. The van der Waals surface area contributed by atoms with Crippen molar-refractivity contribution < 1.29 is 9.18 Å². The summed E-state index contributed by atoms with van der Waals surface area (Å²) in [5.41, 5.74) is 1.16. The molecule has 102 valence electrons. The molecule has 0 bridgehead atoms. The molecule has 20 heavy (non-hydrogen) atoms. The number of hydrogen-bond donors (Lipinski definition) is 1. The Morgan fingerprint density at radius 1 is 1.10 bits per heavy atom. The van der Waals surface area contributed by atoms with Gasteiger partial charge in [0.2, 0.25) is 5.91 Å². The van der Waals surface area contributed by atoms with E-state index in [-0.39, 0.29) is 16.7 Å². The summed E-state index contributed by atoms with van der Waals surface area (Å²) in [6.45, 7) is 0. The Kier molecular flexibility index (Phi) is 4.77. The Morgan fingerprint density at radius 2 is 1.80 bits per heavy atom. The maximum Gasteiger partial charge on any atom is 0.248 e. The fraction of sp³-hybridized carbons (Fsp3) is 0. The van der Waals surface area contributed by atoms with Crippen LogP contribution in [0, 0.1) is 5.82 Å². The molecule has 2 aromatic carbocycles. The molecule has 0 fully saturated rings. The van der Waals surface area contributed by atoms with Gasteiger partial charge < -0.3 is 5.32 Å². The normalized spacial score (nSPS) is 10.8. The van der Waals surface area contributed by atoms with Crippen molar-refractivity contribution in [1.82, 2.24) is 0 Å².